The molecular weight excluding hydrogens is 332 g/mol. The van der Waals surface area contributed by atoms with Crippen LogP contribution in [0.5, 0.6) is 0 Å². The van der Waals surface area contributed by atoms with Crippen LogP contribution < -0.4 is 0 Å². The predicted octanol–water partition coefficient (Wildman–Crippen LogP) is 2.62. The van der Waals surface area contributed by atoms with Gasteiger partial charge in [-0.25, -0.2) is 0 Å². The Morgan fingerprint density at radius 3 is 2.54 bits per heavy atom. The highest BCUT2D eigenvalue weighted by Crippen LogP contribution is 2.42. The van der Waals surface area contributed by atoms with E-state index in [-0.39, 0.29) is 30.3 Å². The molecule has 0 aromatic heterocycles. The zero-order chi connectivity index (χ0) is 19.5. The Hall–Kier alpha value is -1.59. The Balaban J connectivity index is 1.84. The van der Waals surface area contributed by atoms with Gasteiger partial charge in [0.25, 0.3) is 0 Å². The third kappa shape index (κ3) is 5.71. The summed E-state index contributed by atoms with van der Waals surface area (Å²) in [5.41, 5.74) is 0.274. The van der Waals surface area contributed by atoms with Gasteiger partial charge in [-0.2, -0.15) is 0 Å². The Morgan fingerprint density at radius 2 is 1.92 bits per heavy atom. The van der Waals surface area contributed by atoms with E-state index in [1.54, 1.807) is 11.9 Å². The van der Waals surface area contributed by atoms with E-state index in [1.165, 1.54) is 11.3 Å². The fourth-order valence-electron chi connectivity index (χ4n) is 4.90. The lowest BCUT2D eigenvalue weighted by Crippen LogP contribution is -2.47. The van der Waals surface area contributed by atoms with Crippen LogP contribution in [-0.4, -0.2) is 59.4 Å². The first-order chi connectivity index (χ1) is 12.1. The van der Waals surface area contributed by atoms with Crippen molar-refractivity contribution in [3.63, 3.8) is 0 Å². The van der Waals surface area contributed by atoms with Gasteiger partial charge in [-0.1, -0.05) is 20.8 Å². The van der Waals surface area contributed by atoms with Crippen molar-refractivity contribution in [3.05, 3.63) is 0 Å². The molecule has 6 heteroatoms. The summed E-state index contributed by atoms with van der Waals surface area (Å²) in [6, 6.07) is 0. The summed E-state index contributed by atoms with van der Waals surface area (Å²) in [5.74, 6) is -0.459. The van der Waals surface area contributed by atoms with Gasteiger partial charge in [0.15, 0.2) is 0 Å². The Labute approximate surface area is 156 Å². The lowest BCUT2D eigenvalue weighted by Gasteiger charge is -2.39. The maximum atomic E-state index is 12.6. The van der Waals surface area contributed by atoms with E-state index in [4.69, 9.17) is 5.11 Å². The molecule has 1 heterocycles. The third-order valence-corrected chi connectivity index (χ3v) is 5.86. The van der Waals surface area contributed by atoms with Crippen LogP contribution in [0.25, 0.3) is 0 Å². The first kappa shape index (κ1) is 20.7. The Morgan fingerprint density at radius 1 is 1.23 bits per heavy atom. The summed E-state index contributed by atoms with van der Waals surface area (Å²) in [6.45, 7) is 7.66. The normalized spacial score (nSPS) is 28.5. The molecule has 0 aromatic rings. The summed E-state index contributed by atoms with van der Waals surface area (Å²) < 4.78 is 0. The SMILES string of the molecule is CC1CC(CC(=O)N(C)CC(=O)N2CCCC(C(=O)O)C2)CC(C)(C)C1. The molecule has 148 valence electrons. The number of nitrogens with zero attached hydrogens (tertiary/aromatic N) is 2. The number of carboxylic acids is 1. The zero-order valence-corrected chi connectivity index (χ0v) is 16.7. The summed E-state index contributed by atoms with van der Waals surface area (Å²) in [7, 11) is 1.68. The fraction of sp³-hybridized carbons (Fsp3) is 0.850. The number of carbonyl (C=O) groups excluding carboxylic acids is 2. The van der Waals surface area contributed by atoms with Gasteiger partial charge in [0.05, 0.1) is 12.5 Å². The molecule has 3 unspecified atom stereocenters. The highest BCUT2D eigenvalue weighted by Gasteiger charge is 2.34. The maximum absolute atomic E-state index is 12.6. The van der Waals surface area contributed by atoms with E-state index in [0.717, 1.165) is 12.8 Å². The molecule has 0 bridgehead atoms. The van der Waals surface area contributed by atoms with Gasteiger partial charge in [-0.15, -0.1) is 0 Å². The molecule has 0 aromatic carbocycles. The number of rotatable bonds is 5. The minimum atomic E-state index is -0.846. The molecule has 1 saturated heterocycles. The van der Waals surface area contributed by atoms with Crippen molar-refractivity contribution in [3.8, 4) is 0 Å². The second-order valence-corrected chi connectivity index (χ2v) is 9.25. The smallest absolute Gasteiger partial charge is 0.308 e. The van der Waals surface area contributed by atoms with Crippen molar-refractivity contribution >= 4 is 17.8 Å². The fourth-order valence-corrected chi connectivity index (χ4v) is 4.90. The van der Waals surface area contributed by atoms with Crippen LogP contribution >= 0.6 is 0 Å². The minimum Gasteiger partial charge on any atom is -0.481 e. The van der Waals surface area contributed by atoms with Crippen molar-refractivity contribution in [2.24, 2.45) is 23.2 Å². The van der Waals surface area contributed by atoms with Gasteiger partial charge in [-0.05, 0) is 49.4 Å². The van der Waals surface area contributed by atoms with Gasteiger partial charge in [0.1, 0.15) is 0 Å². The van der Waals surface area contributed by atoms with Crippen molar-refractivity contribution in [2.75, 3.05) is 26.7 Å². The summed E-state index contributed by atoms with van der Waals surface area (Å²) in [5, 5.41) is 9.15. The molecule has 2 fully saturated rings. The molecule has 2 rings (SSSR count). The van der Waals surface area contributed by atoms with Gasteiger partial charge < -0.3 is 14.9 Å². The van der Waals surface area contributed by atoms with Gasteiger partial charge >= 0.3 is 5.97 Å². The summed E-state index contributed by atoms with van der Waals surface area (Å²) in [6.07, 6.45) is 5.14. The van der Waals surface area contributed by atoms with Crippen molar-refractivity contribution in [2.45, 2.75) is 59.3 Å². The average molecular weight is 367 g/mol. The number of carboxylic acid groups (broad SMARTS) is 1. The van der Waals surface area contributed by atoms with E-state index < -0.39 is 11.9 Å². The first-order valence-electron chi connectivity index (χ1n) is 9.82. The maximum Gasteiger partial charge on any atom is 0.308 e. The largest absolute Gasteiger partial charge is 0.481 e. The third-order valence-electron chi connectivity index (χ3n) is 5.86. The number of hydrogen-bond donors (Lipinski definition) is 1. The second kappa shape index (κ2) is 8.40. The lowest BCUT2D eigenvalue weighted by atomic mass is 9.67. The molecule has 3 atom stereocenters. The van der Waals surface area contributed by atoms with E-state index in [1.807, 2.05) is 0 Å². The molecular formula is C20H34N2O4. The molecule has 26 heavy (non-hydrogen) atoms. The van der Waals surface area contributed by atoms with Gasteiger partial charge in [-0.3, -0.25) is 14.4 Å². The van der Waals surface area contributed by atoms with E-state index in [2.05, 4.69) is 20.8 Å². The molecule has 1 aliphatic carbocycles. The number of likely N-dealkylation sites (N-methyl/N-ethyl adjacent to an activating group) is 1. The minimum absolute atomic E-state index is 0.0139. The van der Waals surface area contributed by atoms with Crippen LogP contribution in [0.2, 0.25) is 0 Å². The van der Waals surface area contributed by atoms with E-state index >= 15 is 0 Å². The number of likely N-dealkylation sites (tertiary alicyclic amines) is 1. The highest BCUT2D eigenvalue weighted by molar-refractivity contribution is 5.85. The number of hydrogen-bond acceptors (Lipinski definition) is 3. The van der Waals surface area contributed by atoms with Crippen LogP contribution in [0.15, 0.2) is 0 Å². The molecule has 6 nitrogen and oxygen atoms in total. The Kier molecular flexibility index (Phi) is 6.69. The molecule has 1 N–H and O–H groups in total. The van der Waals surface area contributed by atoms with E-state index in [9.17, 15) is 14.4 Å². The topological polar surface area (TPSA) is 77.9 Å². The van der Waals surface area contributed by atoms with Gasteiger partial charge in [0, 0.05) is 26.6 Å². The average Bonchev–Trinajstić information content (AvgIpc) is 2.52. The standard InChI is InChI=1S/C20H34N2O4/c1-14-8-15(11-20(2,3)10-14)9-17(23)21(4)13-18(24)22-7-5-6-16(12-22)19(25)26/h14-16H,5-13H2,1-4H3,(H,25,26). The summed E-state index contributed by atoms with van der Waals surface area (Å²) in [4.78, 5) is 39.3. The van der Waals surface area contributed by atoms with Crippen LogP contribution in [0.3, 0.4) is 0 Å². The summed E-state index contributed by atoms with van der Waals surface area (Å²) >= 11 is 0. The lowest BCUT2D eigenvalue weighted by molar-refractivity contribution is -0.147. The predicted molar refractivity (Wildman–Crippen MR) is 99.5 cm³/mol. The van der Waals surface area contributed by atoms with E-state index in [0.29, 0.717) is 37.6 Å². The highest BCUT2D eigenvalue weighted by atomic mass is 16.4. The van der Waals surface area contributed by atoms with Crippen LogP contribution in [0, 0.1) is 23.2 Å². The second-order valence-electron chi connectivity index (χ2n) is 9.25. The number of piperidine rings is 1. The van der Waals surface area contributed by atoms with Gasteiger partial charge in [0.2, 0.25) is 11.8 Å². The molecule has 0 spiro atoms. The molecule has 1 saturated carbocycles. The van der Waals surface area contributed by atoms with Crippen LogP contribution in [-0.2, 0) is 14.4 Å². The Bertz CT molecular complexity index is 546. The molecule has 0 radical (unpaired) electrons. The number of amides is 2. The quantitative estimate of drug-likeness (QED) is 0.811. The number of carbonyl (C=O) groups is 3. The van der Waals surface area contributed by atoms with Crippen LogP contribution in [0.4, 0.5) is 0 Å². The molecule has 2 amide bonds. The molecule has 2 aliphatic rings. The van der Waals surface area contributed by atoms with Crippen molar-refractivity contribution < 1.29 is 19.5 Å². The van der Waals surface area contributed by atoms with Crippen molar-refractivity contribution in [1.82, 2.24) is 9.80 Å². The molecule has 1 aliphatic heterocycles. The van der Waals surface area contributed by atoms with Crippen LogP contribution in [0.1, 0.15) is 59.3 Å². The van der Waals surface area contributed by atoms with Crippen molar-refractivity contribution in [1.29, 1.82) is 0 Å². The number of aliphatic carboxylic acids is 1. The first-order valence-corrected chi connectivity index (χ1v) is 9.82. The zero-order valence-electron chi connectivity index (χ0n) is 16.7. The monoisotopic (exact) mass is 366 g/mol.